The number of nitrogens with two attached hydrogens (primary N) is 1. The summed E-state index contributed by atoms with van der Waals surface area (Å²) in [5.41, 5.74) is 5.64. The van der Waals surface area contributed by atoms with Gasteiger partial charge in [0.05, 0.1) is 10.6 Å². The van der Waals surface area contributed by atoms with Gasteiger partial charge in [0.25, 0.3) is 17.7 Å². The van der Waals surface area contributed by atoms with Crippen LogP contribution in [-0.2, 0) is 24.0 Å². The van der Waals surface area contributed by atoms with Crippen molar-refractivity contribution in [2.45, 2.75) is 63.0 Å². The number of carbonyl (C=O) groups is 5. The highest BCUT2D eigenvalue weighted by molar-refractivity contribution is 8.00. The molecule has 0 radical (unpaired) electrons. The SMILES string of the molecule is CC[C@@H](O/N=C(\C(=O)N[C@@H]1C(=O)N2C(C(=O)O)=C(CC34CCC[C@H]3CN(C(=O)c3ccc(O)c(O)c3Cl)CC4)CS[C@H]12)c1csc(N)n1)C(=O)O. The normalized spacial score (nSPS) is 25.1. The maximum atomic E-state index is 13.5. The van der Waals surface area contributed by atoms with Gasteiger partial charge in [-0.25, -0.2) is 14.6 Å². The van der Waals surface area contributed by atoms with Crippen LogP contribution in [0.5, 0.6) is 11.5 Å². The zero-order valence-corrected chi connectivity index (χ0v) is 29.6. The van der Waals surface area contributed by atoms with Crippen LogP contribution < -0.4 is 11.1 Å². The lowest BCUT2D eigenvalue weighted by atomic mass is 9.68. The number of hydrogen-bond acceptors (Lipinski definition) is 13. The lowest BCUT2D eigenvalue weighted by Gasteiger charge is -2.51. The Morgan fingerprint density at radius 1 is 1.24 bits per heavy atom. The second-order valence-electron chi connectivity index (χ2n) is 12.9. The number of anilines is 1. The summed E-state index contributed by atoms with van der Waals surface area (Å²) in [5.74, 6) is -5.06. The van der Waals surface area contributed by atoms with Crippen molar-refractivity contribution in [1.29, 1.82) is 0 Å². The topological polar surface area (TPSA) is 245 Å². The number of nitrogens with zero attached hydrogens (tertiary/aromatic N) is 4. The smallest absolute Gasteiger partial charge is 0.352 e. The Morgan fingerprint density at radius 2 is 2.00 bits per heavy atom. The van der Waals surface area contributed by atoms with Crippen LogP contribution in [0.4, 0.5) is 5.13 Å². The van der Waals surface area contributed by atoms with Crippen molar-refractivity contribution >= 4 is 75.2 Å². The fourth-order valence-corrected chi connectivity index (χ4v) is 9.53. The highest BCUT2D eigenvalue weighted by Crippen LogP contribution is 2.55. The Kier molecular flexibility index (Phi) is 10.1. The predicted molar refractivity (Wildman–Crippen MR) is 185 cm³/mol. The average molecular weight is 763 g/mol. The minimum absolute atomic E-state index is 0.0195. The van der Waals surface area contributed by atoms with E-state index in [0.29, 0.717) is 37.3 Å². The van der Waals surface area contributed by atoms with Crippen molar-refractivity contribution < 1.29 is 49.2 Å². The molecule has 1 aromatic carbocycles. The van der Waals surface area contributed by atoms with Gasteiger partial charge in [-0.05, 0) is 61.1 Å². The summed E-state index contributed by atoms with van der Waals surface area (Å²) in [7, 11) is 0. The van der Waals surface area contributed by atoms with Crippen LogP contribution in [0.15, 0.2) is 33.9 Å². The molecule has 2 aromatic rings. The summed E-state index contributed by atoms with van der Waals surface area (Å²) in [6, 6.07) is 1.48. The number of likely N-dealkylation sites (tertiary alicyclic amines) is 1. The van der Waals surface area contributed by atoms with Gasteiger partial charge in [0.15, 0.2) is 22.3 Å². The van der Waals surface area contributed by atoms with Gasteiger partial charge >= 0.3 is 11.9 Å². The van der Waals surface area contributed by atoms with Gasteiger partial charge in [-0.2, -0.15) is 0 Å². The largest absolute Gasteiger partial charge is 0.504 e. The van der Waals surface area contributed by atoms with E-state index in [1.54, 1.807) is 11.8 Å². The Labute approximate surface area is 304 Å². The number of β-lactam (4-membered cyclic amide) rings is 1. The van der Waals surface area contributed by atoms with E-state index in [0.717, 1.165) is 30.6 Å². The highest BCUT2D eigenvalue weighted by Gasteiger charge is 2.56. The molecule has 6 rings (SSSR count). The number of nitrogen functional groups attached to an aromatic ring is 1. The van der Waals surface area contributed by atoms with E-state index < -0.39 is 52.8 Å². The summed E-state index contributed by atoms with van der Waals surface area (Å²) in [4.78, 5) is 76.5. The van der Waals surface area contributed by atoms with Gasteiger partial charge < -0.3 is 41.2 Å². The number of phenols is 2. The number of carbonyl (C=O) groups excluding carboxylic acids is 3. The summed E-state index contributed by atoms with van der Waals surface area (Å²) in [6.07, 6.45) is 2.28. The first-order chi connectivity index (χ1) is 24.3. The molecule has 3 aliphatic heterocycles. The number of aliphatic carboxylic acids is 2. The van der Waals surface area contributed by atoms with Crippen molar-refractivity contribution in [3.05, 3.63) is 45.1 Å². The number of carboxylic acid groups (broad SMARTS) is 2. The predicted octanol–water partition coefficient (Wildman–Crippen LogP) is 2.84. The molecule has 0 spiro atoms. The van der Waals surface area contributed by atoms with E-state index in [4.69, 9.17) is 22.2 Å². The fraction of sp³-hybridized carbons (Fsp3) is 0.469. The number of aromatic hydroxyl groups is 2. The van der Waals surface area contributed by atoms with Crippen molar-refractivity contribution in [3.63, 3.8) is 0 Å². The lowest BCUT2D eigenvalue weighted by molar-refractivity contribution is -0.151. The van der Waals surface area contributed by atoms with Gasteiger partial charge in [-0.15, -0.1) is 23.1 Å². The average Bonchev–Trinajstić information content (AvgIpc) is 3.72. The first-order valence-electron chi connectivity index (χ1n) is 16.1. The maximum absolute atomic E-state index is 13.5. The number of phenolic OH excluding ortho intramolecular Hbond substituents is 2. The molecule has 1 aliphatic carbocycles. The van der Waals surface area contributed by atoms with Gasteiger partial charge in [0, 0.05) is 24.2 Å². The number of fused-ring (bicyclic) bond motifs is 2. The maximum Gasteiger partial charge on any atom is 0.352 e. The van der Waals surface area contributed by atoms with Crippen molar-refractivity contribution in [2.24, 2.45) is 16.5 Å². The third-order valence-electron chi connectivity index (χ3n) is 10.0. The van der Waals surface area contributed by atoms with Gasteiger partial charge in [-0.3, -0.25) is 19.3 Å². The number of thioether (sulfide) groups is 1. The minimum atomic E-state index is -1.33. The molecule has 1 aromatic heterocycles. The van der Waals surface area contributed by atoms with Crippen LogP contribution in [0.2, 0.25) is 5.02 Å². The number of carboxylic acids is 2. The molecule has 4 aliphatic rings. The number of hydrogen-bond donors (Lipinski definition) is 6. The summed E-state index contributed by atoms with van der Waals surface area (Å²) in [5, 5.41) is 46.5. The van der Waals surface area contributed by atoms with E-state index in [2.05, 4.69) is 15.5 Å². The molecule has 272 valence electrons. The summed E-state index contributed by atoms with van der Waals surface area (Å²) < 4.78 is 0. The Hall–Kier alpha value is -4.55. The molecule has 51 heavy (non-hydrogen) atoms. The first kappa shape index (κ1) is 36.2. The van der Waals surface area contributed by atoms with E-state index in [1.807, 2.05) is 0 Å². The number of piperidine rings is 1. The molecule has 1 saturated carbocycles. The molecular weight excluding hydrogens is 728 g/mol. The fourth-order valence-electron chi connectivity index (χ4n) is 7.40. The molecule has 19 heteroatoms. The van der Waals surface area contributed by atoms with Crippen molar-refractivity contribution in [2.75, 3.05) is 24.6 Å². The van der Waals surface area contributed by atoms with E-state index in [1.165, 1.54) is 34.2 Å². The highest BCUT2D eigenvalue weighted by atomic mass is 35.5. The zero-order valence-electron chi connectivity index (χ0n) is 27.2. The number of aromatic nitrogens is 1. The molecule has 1 unspecified atom stereocenters. The second-order valence-corrected chi connectivity index (χ2v) is 15.3. The van der Waals surface area contributed by atoms with Gasteiger partial charge in [-0.1, -0.05) is 30.1 Å². The van der Waals surface area contributed by atoms with Crippen LogP contribution in [0.1, 0.15) is 61.5 Å². The third kappa shape index (κ3) is 6.67. The monoisotopic (exact) mass is 762 g/mol. The van der Waals surface area contributed by atoms with Crippen LogP contribution in [0.25, 0.3) is 0 Å². The number of benzene rings is 1. The van der Waals surface area contributed by atoms with E-state index in [-0.39, 0.29) is 56.5 Å². The summed E-state index contributed by atoms with van der Waals surface area (Å²) >= 11 is 8.52. The minimum Gasteiger partial charge on any atom is -0.504 e. The molecule has 4 heterocycles. The molecule has 16 nitrogen and oxygen atoms in total. The van der Waals surface area contributed by atoms with Gasteiger partial charge in [0.2, 0.25) is 6.10 Å². The molecule has 5 atom stereocenters. The molecule has 0 bridgehead atoms. The Morgan fingerprint density at radius 3 is 2.67 bits per heavy atom. The quantitative estimate of drug-likeness (QED) is 0.0836. The number of rotatable bonds is 11. The summed E-state index contributed by atoms with van der Waals surface area (Å²) in [6.45, 7) is 2.35. The second kappa shape index (κ2) is 14.2. The third-order valence-corrected chi connectivity index (χ3v) is 12.4. The van der Waals surface area contributed by atoms with Crippen LogP contribution in [0.3, 0.4) is 0 Å². The van der Waals surface area contributed by atoms with Crippen molar-refractivity contribution in [3.8, 4) is 11.5 Å². The van der Waals surface area contributed by atoms with Crippen LogP contribution >= 0.6 is 34.7 Å². The molecule has 7 N–H and O–H groups in total. The van der Waals surface area contributed by atoms with Crippen molar-refractivity contribution in [1.82, 2.24) is 20.1 Å². The van der Waals surface area contributed by atoms with E-state index >= 15 is 0 Å². The number of halogens is 1. The standard InChI is InChI=1S/C32H35ClN6O10S2/c1-2-19(29(45)46)49-37-21(17-13-51-31(34)35-17)25(42)36-22-27(44)39-23(30(47)48)14(12-50-28(22)39)10-32-7-3-4-15(32)11-38(9-8-32)26(43)16-5-6-18(40)24(41)20(16)33/h5-6,13,15,19,22,28,40-41H,2-4,7-12H2,1H3,(H2,34,35)(H,36,42)(H,45,46)(H,47,48)/b37-21-/t15-,19+,22+,28+,32?/m0/s1. The Balaban J connectivity index is 1.18. The molecule has 2 saturated heterocycles. The first-order valence-corrected chi connectivity index (χ1v) is 18.5. The zero-order chi connectivity index (χ0) is 36.8. The number of thiazole rings is 1. The number of nitrogens with one attached hydrogen (secondary N) is 1. The van der Waals surface area contributed by atoms with Crippen LogP contribution in [0, 0.1) is 11.3 Å². The number of oxime groups is 1. The van der Waals surface area contributed by atoms with E-state index in [9.17, 15) is 44.4 Å². The van der Waals surface area contributed by atoms with Crippen LogP contribution in [-0.4, -0.2) is 107 Å². The molecule has 3 amide bonds. The Bertz CT molecular complexity index is 1870. The molecule has 3 fully saturated rings. The van der Waals surface area contributed by atoms with Gasteiger partial charge in [0.1, 0.15) is 22.8 Å². The number of amides is 3. The molecular formula is C32H35ClN6O10S2. The lowest BCUT2D eigenvalue weighted by Crippen LogP contribution is -2.71.